The molecule has 0 radical (unpaired) electrons. The number of hydrogen-bond acceptors (Lipinski definition) is 3. The number of nitrogens with zero attached hydrogens (tertiary/aromatic N) is 2. The van der Waals surface area contributed by atoms with E-state index in [1.807, 2.05) is 18.7 Å². The van der Waals surface area contributed by atoms with E-state index in [0.717, 1.165) is 30.8 Å². The molecule has 0 aromatic rings. The van der Waals surface area contributed by atoms with Crippen molar-refractivity contribution in [2.45, 2.75) is 40.0 Å². The van der Waals surface area contributed by atoms with Crippen molar-refractivity contribution < 1.29 is 9.53 Å². The Hall–Kier alpha value is -0.870. The van der Waals surface area contributed by atoms with Gasteiger partial charge in [-0.3, -0.25) is 9.69 Å². The largest absolute Gasteiger partial charge is 0.352 e. The molecule has 17 heavy (non-hydrogen) atoms. The number of piperazine rings is 1. The van der Waals surface area contributed by atoms with E-state index in [1.54, 1.807) is 0 Å². The molecule has 2 saturated heterocycles. The first-order valence-electron chi connectivity index (χ1n) is 6.33. The fourth-order valence-corrected chi connectivity index (χ4v) is 2.39. The molecule has 2 aliphatic rings. The highest BCUT2D eigenvalue weighted by Crippen LogP contribution is 2.23. The lowest BCUT2D eigenvalue weighted by Gasteiger charge is -2.45. The van der Waals surface area contributed by atoms with Crippen LogP contribution in [0.1, 0.15) is 27.7 Å². The minimum Gasteiger partial charge on any atom is -0.352 e. The van der Waals surface area contributed by atoms with Crippen molar-refractivity contribution in [1.82, 2.24) is 9.80 Å². The van der Waals surface area contributed by atoms with Gasteiger partial charge in [0.2, 0.25) is 0 Å². The lowest BCUT2D eigenvalue weighted by molar-refractivity contribution is -0.162. The van der Waals surface area contributed by atoms with Crippen molar-refractivity contribution >= 4 is 5.91 Å². The molecule has 0 aliphatic carbocycles. The second-order valence-electron chi connectivity index (χ2n) is 5.33. The van der Waals surface area contributed by atoms with E-state index in [1.165, 1.54) is 0 Å². The van der Waals surface area contributed by atoms with Crippen LogP contribution in [0.15, 0.2) is 11.1 Å². The van der Waals surface area contributed by atoms with Crippen molar-refractivity contribution in [3.05, 3.63) is 11.1 Å². The first kappa shape index (κ1) is 12.6. The highest BCUT2D eigenvalue weighted by atomic mass is 16.5. The van der Waals surface area contributed by atoms with Crippen LogP contribution in [0.25, 0.3) is 0 Å². The van der Waals surface area contributed by atoms with Crippen LogP contribution in [0.4, 0.5) is 0 Å². The van der Waals surface area contributed by atoms with Gasteiger partial charge in [0.1, 0.15) is 6.23 Å². The zero-order chi connectivity index (χ0) is 12.6. The summed E-state index contributed by atoms with van der Waals surface area (Å²) in [6.45, 7) is 11.3. The zero-order valence-electron chi connectivity index (χ0n) is 11.2. The standard InChI is InChI=1S/C13H22N2O2/c1-9(2)11-8-17-12-7-14(10(3)4)5-6-15(12)13(11)16/h10,12H,5-8H2,1-4H3. The molecule has 0 spiro atoms. The van der Waals surface area contributed by atoms with Crippen LogP contribution in [0.2, 0.25) is 0 Å². The Morgan fingerprint density at radius 2 is 2.06 bits per heavy atom. The molecule has 1 unspecified atom stereocenters. The molecular weight excluding hydrogens is 216 g/mol. The predicted octanol–water partition coefficient (Wildman–Crippen LogP) is 1.23. The van der Waals surface area contributed by atoms with Crippen molar-refractivity contribution in [3.63, 3.8) is 0 Å². The first-order valence-corrected chi connectivity index (χ1v) is 6.33. The third-order valence-electron chi connectivity index (χ3n) is 3.64. The third-order valence-corrected chi connectivity index (χ3v) is 3.64. The molecule has 0 N–H and O–H groups in total. The Labute approximate surface area is 103 Å². The molecule has 0 bridgehead atoms. The third kappa shape index (κ3) is 2.38. The van der Waals surface area contributed by atoms with Gasteiger partial charge in [0.05, 0.1) is 6.61 Å². The van der Waals surface area contributed by atoms with Gasteiger partial charge in [-0.25, -0.2) is 0 Å². The molecule has 2 fully saturated rings. The topological polar surface area (TPSA) is 32.8 Å². The number of hydrogen-bond donors (Lipinski definition) is 0. The molecule has 0 saturated carbocycles. The molecule has 0 aromatic carbocycles. The van der Waals surface area contributed by atoms with Crippen LogP contribution < -0.4 is 0 Å². The fourth-order valence-electron chi connectivity index (χ4n) is 2.39. The Balaban J connectivity index is 2.10. The molecular formula is C13H22N2O2. The monoisotopic (exact) mass is 238 g/mol. The summed E-state index contributed by atoms with van der Waals surface area (Å²) in [6.07, 6.45) is -0.0539. The molecule has 1 atom stereocenters. The van der Waals surface area contributed by atoms with E-state index in [4.69, 9.17) is 4.74 Å². The summed E-state index contributed by atoms with van der Waals surface area (Å²) in [4.78, 5) is 16.5. The number of ether oxygens (including phenoxy) is 1. The second kappa shape index (κ2) is 4.78. The van der Waals surface area contributed by atoms with Gasteiger partial charge in [-0.05, 0) is 27.7 Å². The smallest absolute Gasteiger partial charge is 0.254 e. The van der Waals surface area contributed by atoms with Gasteiger partial charge in [-0.15, -0.1) is 0 Å². The molecule has 96 valence electrons. The number of carbonyl (C=O) groups is 1. The summed E-state index contributed by atoms with van der Waals surface area (Å²) < 4.78 is 5.81. The van der Waals surface area contributed by atoms with Gasteiger partial charge in [-0.2, -0.15) is 0 Å². The van der Waals surface area contributed by atoms with Gasteiger partial charge in [0, 0.05) is 31.2 Å². The minimum absolute atomic E-state index is 0.0539. The minimum atomic E-state index is -0.0539. The first-order chi connectivity index (χ1) is 8.00. The van der Waals surface area contributed by atoms with E-state index >= 15 is 0 Å². The van der Waals surface area contributed by atoms with Gasteiger partial charge in [-0.1, -0.05) is 5.57 Å². The average molecular weight is 238 g/mol. The number of carbonyl (C=O) groups excluding carboxylic acids is 1. The van der Waals surface area contributed by atoms with Crippen molar-refractivity contribution in [2.75, 3.05) is 26.2 Å². The number of rotatable bonds is 1. The van der Waals surface area contributed by atoms with Crippen LogP contribution in [-0.4, -0.2) is 54.2 Å². The Kier molecular flexibility index (Phi) is 3.54. The summed E-state index contributed by atoms with van der Waals surface area (Å²) >= 11 is 0. The Bertz CT molecular complexity index is 345. The fraction of sp³-hybridized carbons (Fsp3) is 0.769. The summed E-state index contributed by atoms with van der Waals surface area (Å²) in [7, 11) is 0. The molecule has 4 heteroatoms. The molecule has 0 aromatic heterocycles. The van der Waals surface area contributed by atoms with E-state index in [2.05, 4.69) is 18.7 Å². The van der Waals surface area contributed by atoms with Crippen LogP contribution in [0, 0.1) is 0 Å². The molecule has 2 aliphatic heterocycles. The maximum absolute atomic E-state index is 12.2. The maximum atomic E-state index is 12.2. The van der Waals surface area contributed by atoms with E-state index in [-0.39, 0.29) is 12.1 Å². The Morgan fingerprint density at radius 3 is 2.65 bits per heavy atom. The summed E-state index contributed by atoms with van der Waals surface area (Å²) in [5, 5.41) is 0. The van der Waals surface area contributed by atoms with E-state index < -0.39 is 0 Å². The van der Waals surface area contributed by atoms with Crippen molar-refractivity contribution in [3.8, 4) is 0 Å². The number of fused-ring (bicyclic) bond motifs is 1. The van der Waals surface area contributed by atoms with E-state index in [9.17, 15) is 4.79 Å². The summed E-state index contributed by atoms with van der Waals surface area (Å²) in [5.41, 5.74) is 1.90. The van der Waals surface area contributed by atoms with E-state index in [0.29, 0.717) is 12.6 Å². The van der Waals surface area contributed by atoms with Crippen molar-refractivity contribution in [2.24, 2.45) is 0 Å². The lowest BCUT2D eigenvalue weighted by atomic mass is 10.1. The second-order valence-corrected chi connectivity index (χ2v) is 5.33. The molecule has 2 rings (SSSR count). The highest BCUT2D eigenvalue weighted by Gasteiger charge is 2.37. The SMILES string of the molecule is CC(C)=C1COC2CN(C(C)C)CCN2C1=O. The van der Waals surface area contributed by atoms with Crippen molar-refractivity contribution in [1.29, 1.82) is 0 Å². The lowest BCUT2D eigenvalue weighted by Crippen LogP contribution is -2.60. The Morgan fingerprint density at radius 1 is 1.35 bits per heavy atom. The van der Waals surface area contributed by atoms with Gasteiger partial charge in [0.25, 0.3) is 5.91 Å². The van der Waals surface area contributed by atoms with Gasteiger partial charge >= 0.3 is 0 Å². The maximum Gasteiger partial charge on any atom is 0.254 e. The number of amides is 1. The zero-order valence-corrected chi connectivity index (χ0v) is 11.2. The van der Waals surface area contributed by atoms with Gasteiger partial charge in [0.15, 0.2) is 0 Å². The number of allylic oxidation sites excluding steroid dienone is 1. The van der Waals surface area contributed by atoms with Crippen LogP contribution in [0.3, 0.4) is 0 Å². The summed E-state index contributed by atoms with van der Waals surface area (Å²) in [5.74, 6) is 0.171. The molecule has 1 amide bonds. The van der Waals surface area contributed by atoms with Crippen LogP contribution >= 0.6 is 0 Å². The van der Waals surface area contributed by atoms with Gasteiger partial charge < -0.3 is 9.64 Å². The quantitative estimate of drug-likeness (QED) is 0.644. The average Bonchev–Trinajstić information content (AvgIpc) is 2.28. The summed E-state index contributed by atoms with van der Waals surface area (Å²) in [6, 6.07) is 0.515. The van der Waals surface area contributed by atoms with Crippen LogP contribution in [0.5, 0.6) is 0 Å². The normalized spacial score (nSPS) is 26.4. The van der Waals surface area contributed by atoms with Crippen LogP contribution in [-0.2, 0) is 9.53 Å². The molecule has 2 heterocycles. The molecule has 4 nitrogen and oxygen atoms in total. The highest BCUT2D eigenvalue weighted by molar-refractivity contribution is 5.95. The predicted molar refractivity (Wildman–Crippen MR) is 66.5 cm³/mol.